The smallest absolute Gasteiger partial charge is 0.220 e. The Bertz CT molecular complexity index is 901. The van der Waals surface area contributed by atoms with E-state index >= 15 is 0 Å². The topological polar surface area (TPSA) is 69.6 Å². The second-order valence-electron chi connectivity index (χ2n) is 19.7. The van der Waals surface area contributed by atoms with Crippen molar-refractivity contribution >= 4 is 5.91 Å². The predicted molar refractivity (Wildman–Crippen MR) is 276 cm³/mol. The molecule has 4 nitrogen and oxygen atoms in total. The third-order valence-corrected chi connectivity index (χ3v) is 13.4. The zero-order valence-corrected chi connectivity index (χ0v) is 42.4. The van der Waals surface area contributed by atoms with Gasteiger partial charge in [0.1, 0.15) is 0 Å². The third-order valence-electron chi connectivity index (χ3n) is 13.4. The highest BCUT2D eigenvalue weighted by atomic mass is 16.3. The number of carbonyl (C=O) groups is 1. The van der Waals surface area contributed by atoms with E-state index in [0.29, 0.717) is 6.42 Å². The summed E-state index contributed by atoms with van der Waals surface area (Å²) in [5, 5.41) is 23.0. The lowest BCUT2D eigenvalue weighted by Crippen LogP contribution is -2.45. The SMILES string of the molecule is CCCCCCCCCCC/C=C/C(O)C(CO)NC(=O)CCCCCCCCCCCCCCCCCCC/C=C\CCCCCCCCCCCCCCCCCCCC. The lowest BCUT2D eigenvalue weighted by Gasteiger charge is -2.20. The number of rotatable bonds is 53. The molecule has 62 heavy (non-hydrogen) atoms. The van der Waals surface area contributed by atoms with Gasteiger partial charge in [-0.15, -0.1) is 0 Å². The Labute approximate surface area is 389 Å². The molecule has 0 aliphatic heterocycles. The molecule has 0 aromatic heterocycles. The Morgan fingerprint density at radius 3 is 0.887 bits per heavy atom. The maximum atomic E-state index is 12.4. The summed E-state index contributed by atoms with van der Waals surface area (Å²) in [6, 6.07) is -0.618. The summed E-state index contributed by atoms with van der Waals surface area (Å²) in [5.74, 6) is -0.0605. The molecule has 0 aliphatic rings. The summed E-state index contributed by atoms with van der Waals surface area (Å²) in [7, 11) is 0. The Hall–Kier alpha value is -1.13. The van der Waals surface area contributed by atoms with E-state index in [1.165, 1.54) is 276 Å². The van der Waals surface area contributed by atoms with Gasteiger partial charge in [0, 0.05) is 6.42 Å². The number of unbranched alkanes of at least 4 members (excludes halogenated alkanes) is 44. The van der Waals surface area contributed by atoms with Crippen LogP contribution in [0.5, 0.6) is 0 Å². The Morgan fingerprint density at radius 1 is 0.371 bits per heavy atom. The molecule has 4 heteroatoms. The van der Waals surface area contributed by atoms with E-state index in [1.54, 1.807) is 6.08 Å². The van der Waals surface area contributed by atoms with E-state index in [2.05, 4.69) is 31.3 Å². The van der Waals surface area contributed by atoms with Crippen LogP contribution in [0.15, 0.2) is 24.3 Å². The maximum absolute atomic E-state index is 12.4. The minimum absolute atomic E-state index is 0.0605. The zero-order chi connectivity index (χ0) is 44.9. The Balaban J connectivity index is 3.35. The van der Waals surface area contributed by atoms with Crippen molar-refractivity contribution in [3.05, 3.63) is 24.3 Å². The van der Waals surface area contributed by atoms with Crippen LogP contribution in [0.2, 0.25) is 0 Å². The van der Waals surface area contributed by atoms with Crippen molar-refractivity contribution in [2.24, 2.45) is 0 Å². The molecular weight excluding hydrogens is 759 g/mol. The van der Waals surface area contributed by atoms with Gasteiger partial charge in [0.05, 0.1) is 18.8 Å². The van der Waals surface area contributed by atoms with E-state index < -0.39 is 12.1 Å². The average Bonchev–Trinajstić information content (AvgIpc) is 3.28. The van der Waals surface area contributed by atoms with Gasteiger partial charge < -0.3 is 15.5 Å². The van der Waals surface area contributed by atoms with E-state index in [1.807, 2.05) is 6.08 Å². The lowest BCUT2D eigenvalue weighted by atomic mass is 10.0. The van der Waals surface area contributed by atoms with Crippen molar-refractivity contribution in [1.82, 2.24) is 5.32 Å². The number of allylic oxidation sites excluding steroid dienone is 3. The molecule has 2 atom stereocenters. The molecule has 0 aliphatic carbocycles. The standard InChI is InChI=1S/C58H113NO3/c1-3-5-7-9-11-13-15-16-17-18-19-20-21-22-23-24-25-26-27-28-29-30-31-32-33-34-35-36-37-38-39-40-41-42-44-46-48-50-52-54-58(62)59-56(55-60)57(61)53-51-49-47-45-43-14-12-10-8-6-4-2/h28-29,51,53,56-57,60-61H,3-27,30-50,52,54-55H2,1-2H3,(H,59,62)/b29-28-,53-51+. The van der Waals surface area contributed by atoms with Crippen LogP contribution in [0.3, 0.4) is 0 Å². The molecule has 0 saturated heterocycles. The number of nitrogens with one attached hydrogen (secondary N) is 1. The van der Waals surface area contributed by atoms with Gasteiger partial charge in [-0.1, -0.05) is 295 Å². The van der Waals surface area contributed by atoms with Crippen molar-refractivity contribution in [2.75, 3.05) is 6.61 Å². The van der Waals surface area contributed by atoms with E-state index in [9.17, 15) is 15.0 Å². The van der Waals surface area contributed by atoms with Crippen molar-refractivity contribution in [3.8, 4) is 0 Å². The molecule has 2 unspecified atom stereocenters. The summed E-state index contributed by atoms with van der Waals surface area (Å²) in [5.41, 5.74) is 0. The number of amides is 1. The van der Waals surface area contributed by atoms with Gasteiger partial charge in [0.2, 0.25) is 5.91 Å². The quantitative estimate of drug-likeness (QED) is 0.0421. The molecule has 0 rings (SSSR count). The largest absolute Gasteiger partial charge is 0.394 e. The molecule has 0 aromatic carbocycles. The van der Waals surface area contributed by atoms with Gasteiger partial charge in [-0.3, -0.25) is 4.79 Å². The first kappa shape index (κ1) is 60.9. The molecule has 368 valence electrons. The van der Waals surface area contributed by atoms with Gasteiger partial charge in [0.25, 0.3) is 0 Å². The monoisotopic (exact) mass is 872 g/mol. The zero-order valence-electron chi connectivity index (χ0n) is 42.4. The van der Waals surface area contributed by atoms with E-state index in [0.717, 1.165) is 25.7 Å². The van der Waals surface area contributed by atoms with Crippen LogP contribution in [0.1, 0.15) is 322 Å². The molecule has 0 radical (unpaired) electrons. The highest BCUT2D eigenvalue weighted by Gasteiger charge is 2.18. The van der Waals surface area contributed by atoms with Crippen LogP contribution in [0.25, 0.3) is 0 Å². The van der Waals surface area contributed by atoms with E-state index in [4.69, 9.17) is 0 Å². The van der Waals surface area contributed by atoms with Gasteiger partial charge in [-0.2, -0.15) is 0 Å². The normalized spacial score (nSPS) is 12.9. The van der Waals surface area contributed by atoms with Crippen LogP contribution >= 0.6 is 0 Å². The van der Waals surface area contributed by atoms with Gasteiger partial charge >= 0.3 is 0 Å². The summed E-state index contributed by atoms with van der Waals surface area (Å²) in [6.07, 6.45) is 72.3. The van der Waals surface area contributed by atoms with Crippen LogP contribution in [0.4, 0.5) is 0 Å². The maximum Gasteiger partial charge on any atom is 0.220 e. The fourth-order valence-corrected chi connectivity index (χ4v) is 9.06. The van der Waals surface area contributed by atoms with Crippen molar-refractivity contribution in [3.63, 3.8) is 0 Å². The second-order valence-corrected chi connectivity index (χ2v) is 19.7. The van der Waals surface area contributed by atoms with E-state index in [-0.39, 0.29) is 12.5 Å². The molecular formula is C58H113NO3. The van der Waals surface area contributed by atoms with Gasteiger partial charge in [-0.25, -0.2) is 0 Å². The lowest BCUT2D eigenvalue weighted by molar-refractivity contribution is -0.123. The summed E-state index contributed by atoms with van der Waals surface area (Å²) in [6.45, 7) is 4.32. The molecule has 1 amide bonds. The summed E-state index contributed by atoms with van der Waals surface area (Å²) in [4.78, 5) is 12.4. The number of hydrogen-bond donors (Lipinski definition) is 3. The first-order chi connectivity index (χ1) is 30.7. The number of carbonyl (C=O) groups excluding carboxylic acids is 1. The van der Waals surface area contributed by atoms with Crippen LogP contribution < -0.4 is 5.32 Å². The Kier molecular flexibility index (Phi) is 53.2. The van der Waals surface area contributed by atoms with Crippen molar-refractivity contribution in [1.29, 1.82) is 0 Å². The minimum atomic E-state index is -0.835. The number of aliphatic hydroxyl groups is 2. The molecule has 0 fully saturated rings. The van der Waals surface area contributed by atoms with Crippen LogP contribution in [0, 0.1) is 0 Å². The summed E-state index contributed by atoms with van der Waals surface area (Å²) >= 11 is 0. The van der Waals surface area contributed by atoms with Crippen LogP contribution in [-0.2, 0) is 4.79 Å². The van der Waals surface area contributed by atoms with Crippen molar-refractivity contribution < 1.29 is 15.0 Å². The number of hydrogen-bond acceptors (Lipinski definition) is 3. The fourth-order valence-electron chi connectivity index (χ4n) is 9.06. The fraction of sp³-hybridized carbons (Fsp3) is 0.914. The average molecular weight is 873 g/mol. The second kappa shape index (κ2) is 54.2. The predicted octanol–water partition coefficient (Wildman–Crippen LogP) is 18.7. The number of aliphatic hydroxyl groups excluding tert-OH is 2. The Morgan fingerprint density at radius 2 is 0.613 bits per heavy atom. The molecule has 0 heterocycles. The first-order valence-corrected chi connectivity index (χ1v) is 28.6. The highest BCUT2D eigenvalue weighted by molar-refractivity contribution is 5.76. The van der Waals surface area contributed by atoms with Gasteiger partial charge in [0.15, 0.2) is 0 Å². The molecule has 0 spiro atoms. The molecule has 3 N–H and O–H groups in total. The van der Waals surface area contributed by atoms with Crippen LogP contribution in [-0.4, -0.2) is 34.9 Å². The highest BCUT2D eigenvalue weighted by Crippen LogP contribution is 2.17. The van der Waals surface area contributed by atoms with Crippen molar-refractivity contribution in [2.45, 2.75) is 334 Å². The van der Waals surface area contributed by atoms with Gasteiger partial charge in [-0.05, 0) is 44.9 Å². The molecule has 0 aromatic rings. The molecule has 0 saturated carbocycles. The third kappa shape index (κ3) is 49.9. The first-order valence-electron chi connectivity index (χ1n) is 28.6. The molecule has 0 bridgehead atoms. The summed E-state index contributed by atoms with van der Waals surface area (Å²) < 4.78 is 0. The minimum Gasteiger partial charge on any atom is -0.394 e.